The molecule has 0 bridgehead atoms. The van der Waals surface area contributed by atoms with E-state index in [1.165, 1.54) is 18.2 Å². The molecule has 1 amide bonds. The van der Waals surface area contributed by atoms with Gasteiger partial charge in [0.05, 0.1) is 6.33 Å². The molecule has 2 aromatic heterocycles. The summed E-state index contributed by atoms with van der Waals surface area (Å²) in [7, 11) is 0. The van der Waals surface area contributed by atoms with Crippen LogP contribution < -0.4 is 4.90 Å². The number of halogens is 1. The van der Waals surface area contributed by atoms with Crippen LogP contribution in [-0.2, 0) is 9.59 Å². The van der Waals surface area contributed by atoms with Crippen LogP contribution in [-0.4, -0.2) is 42.8 Å². The van der Waals surface area contributed by atoms with Crippen molar-refractivity contribution in [2.75, 3.05) is 11.4 Å². The van der Waals surface area contributed by atoms with Gasteiger partial charge in [0.1, 0.15) is 5.52 Å². The first-order chi connectivity index (χ1) is 9.54. The fraction of sp³-hybridized carbons (Fsp3) is 0.364. The fourth-order valence-corrected chi connectivity index (χ4v) is 3.22. The van der Waals surface area contributed by atoms with Gasteiger partial charge in [-0.2, -0.15) is 9.97 Å². The number of carbonyl (C=O) groups is 2. The number of nitrogens with one attached hydrogen (secondary N) is 1. The van der Waals surface area contributed by atoms with Crippen molar-refractivity contribution in [2.24, 2.45) is 0 Å². The van der Waals surface area contributed by atoms with E-state index >= 15 is 0 Å². The Morgan fingerprint density at radius 1 is 1.55 bits per heavy atom. The summed E-state index contributed by atoms with van der Waals surface area (Å²) in [6, 6.07) is 0. The van der Waals surface area contributed by atoms with Crippen LogP contribution in [0.5, 0.6) is 0 Å². The molecule has 0 radical (unpaired) electrons. The highest BCUT2D eigenvalue weighted by Gasteiger charge is 2.34. The van der Waals surface area contributed by atoms with Crippen LogP contribution in [0.3, 0.4) is 0 Å². The average Bonchev–Trinajstić information content (AvgIpc) is 2.95. The number of hydrogen-bond donors (Lipinski definition) is 1. The van der Waals surface area contributed by atoms with E-state index in [1.54, 1.807) is 0 Å². The van der Waals surface area contributed by atoms with Gasteiger partial charge in [0, 0.05) is 25.1 Å². The Balaban J connectivity index is 1.91. The maximum atomic E-state index is 12.0. The zero-order valence-corrected chi connectivity index (χ0v) is 12.0. The minimum Gasteiger partial charge on any atom is -0.341 e. The molecule has 0 saturated carbocycles. The van der Waals surface area contributed by atoms with Crippen LogP contribution >= 0.6 is 23.4 Å². The average molecular weight is 312 g/mol. The molecular weight excluding hydrogens is 302 g/mol. The summed E-state index contributed by atoms with van der Waals surface area (Å²) in [5, 5.41) is 0.140. The highest BCUT2D eigenvalue weighted by molar-refractivity contribution is 8.14. The molecule has 1 aliphatic rings. The van der Waals surface area contributed by atoms with Gasteiger partial charge in [-0.15, -0.1) is 0 Å². The van der Waals surface area contributed by atoms with Gasteiger partial charge in [-0.05, 0) is 0 Å². The zero-order chi connectivity index (χ0) is 14.3. The second-order valence-electron chi connectivity index (χ2n) is 4.36. The molecular formula is C11H10ClN5O2S. The Morgan fingerprint density at radius 2 is 2.35 bits per heavy atom. The first-order valence-electron chi connectivity index (χ1n) is 5.89. The normalized spacial score (nSPS) is 19.0. The van der Waals surface area contributed by atoms with Gasteiger partial charge in [-0.1, -0.05) is 23.4 Å². The smallest absolute Gasteiger partial charge is 0.235 e. The predicted molar refractivity (Wildman–Crippen MR) is 75.7 cm³/mol. The van der Waals surface area contributed by atoms with Crippen molar-refractivity contribution in [3.63, 3.8) is 0 Å². The third kappa shape index (κ3) is 2.36. The van der Waals surface area contributed by atoms with Crippen molar-refractivity contribution < 1.29 is 9.59 Å². The van der Waals surface area contributed by atoms with Gasteiger partial charge in [0.2, 0.25) is 11.9 Å². The van der Waals surface area contributed by atoms with E-state index in [2.05, 4.69) is 19.9 Å². The molecule has 3 rings (SSSR count). The molecule has 9 heteroatoms. The van der Waals surface area contributed by atoms with E-state index in [4.69, 9.17) is 11.6 Å². The lowest BCUT2D eigenvalue weighted by atomic mass is 10.4. The Morgan fingerprint density at radius 3 is 3.10 bits per heavy atom. The van der Waals surface area contributed by atoms with Crippen LogP contribution in [0.4, 0.5) is 5.95 Å². The quantitative estimate of drug-likeness (QED) is 0.843. The van der Waals surface area contributed by atoms with Crippen molar-refractivity contribution in [1.82, 2.24) is 19.9 Å². The Labute approximate surface area is 123 Å². The number of anilines is 1. The monoisotopic (exact) mass is 311 g/mol. The fourth-order valence-electron chi connectivity index (χ4n) is 2.09. The van der Waals surface area contributed by atoms with Crippen LogP contribution in [0.25, 0.3) is 11.2 Å². The van der Waals surface area contributed by atoms with Crippen molar-refractivity contribution >= 4 is 51.5 Å². The lowest BCUT2D eigenvalue weighted by molar-refractivity contribution is -0.117. The molecule has 0 spiro atoms. The SMILES string of the molecule is CC(=O)SC1CC(=O)N(c2nc(Cl)c3[nH]cnc3n2)C1. The van der Waals surface area contributed by atoms with Gasteiger partial charge in [-0.25, -0.2) is 4.98 Å². The first-order valence-corrected chi connectivity index (χ1v) is 7.14. The zero-order valence-electron chi connectivity index (χ0n) is 10.5. The molecule has 1 atom stereocenters. The minimum absolute atomic E-state index is 0.00801. The maximum Gasteiger partial charge on any atom is 0.235 e. The number of carbonyl (C=O) groups excluding carboxylic acids is 2. The van der Waals surface area contributed by atoms with E-state index in [-0.39, 0.29) is 27.4 Å². The van der Waals surface area contributed by atoms with Crippen molar-refractivity contribution in [3.05, 3.63) is 11.5 Å². The highest BCUT2D eigenvalue weighted by Crippen LogP contribution is 2.28. The van der Waals surface area contributed by atoms with Gasteiger partial charge >= 0.3 is 0 Å². The molecule has 104 valence electrons. The van der Waals surface area contributed by atoms with Crippen molar-refractivity contribution in [1.29, 1.82) is 0 Å². The number of aromatic nitrogens is 4. The minimum atomic E-state index is -0.116. The summed E-state index contributed by atoms with van der Waals surface area (Å²) in [6.45, 7) is 1.89. The summed E-state index contributed by atoms with van der Waals surface area (Å²) in [5.74, 6) is 0.112. The third-order valence-electron chi connectivity index (χ3n) is 2.89. The molecule has 3 heterocycles. The molecule has 1 fully saturated rings. The van der Waals surface area contributed by atoms with Crippen LogP contribution in [0.1, 0.15) is 13.3 Å². The van der Waals surface area contributed by atoms with Gasteiger partial charge in [-0.3, -0.25) is 14.5 Å². The number of fused-ring (bicyclic) bond motifs is 1. The second kappa shape index (κ2) is 5.02. The number of thioether (sulfide) groups is 1. The van der Waals surface area contributed by atoms with E-state index < -0.39 is 0 Å². The Kier molecular flexibility index (Phi) is 3.35. The Bertz CT molecular complexity index is 703. The third-order valence-corrected chi connectivity index (χ3v) is 4.15. The van der Waals surface area contributed by atoms with Gasteiger partial charge in [0.25, 0.3) is 0 Å². The van der Waals surface area contributed by atoms with E-state index in [1.807, 2.05) is 0 Å². The van der Waals surface area contributed by atoms with Crippen molar-refractivity contribution in [2.45, 2.75) is 18.6 Å². The molecule has 20 heavy (non-hydrogen) atoms. The molecule has 1 N–H and O–H groups in total. The highest BCUT2D eigenvalue weighted by atomic mass is 35.5. The summed E-state index contributed by atoms with van der Waals surface area (Å²) >= 11 is 7.19. The number of aromatic amines is 1. The molecule has 0 aliphatic carbocycles. The molecule has 1 saturated heterocycles. The van der Waals surface area contributed by atoms with Crippen LogP contribution in [0, 0.1) is 0 Å². The maximum absolute atomic E-state index is 12.0. The van der Waals surface area contributed by atoms with E-state index in [0.717, 1.165) is 11.8 Å². The number of imidazole rings is 1. The Hall–Kier alpha value is -1.67. The first kappa shape index (κ1) is 13.3. The van der Waals surface area contributed by atoms with Crippen LogP contribution in [0.2, 0.25) is 5.15 Å². The number of rotatable bonds is 2. The molecule has 1 aliphatic heterocycles. The topological polar surface area (TPSA) is 91.8 Å². The largest absolute Gasteiger partial charge is 0.341 e. The number of hydrogen-bond acceptors (Lipinski definition) is 6. The molecule has 7 nitrogen and oxygen atoms in total. The standard InChI is InChI=1S/C11H10ClN5O2S/c1-5(18)20-6-2-7(19)17(3-6)11-15-9(12)8-10(16-11)14-4-13-8/h4,6H,2-3H2,1H3,(H,13,14,15,16). The summed E-state index contributed by atoms with van der Waals surface area (Å²) in [5.41, 5.74) is 0.951. The van der Waals surface area contributed by atoms with Crippen molar-refractivity contribution in [3.8, 4) is 0 Å². The van der Waals surface area contributed by atoms with Gasteiger partial charge in [0.15, 0.2) is 15.9 Å². The van der Waals surface area contributed by atoms with E-state index in [0.29, 0.717) is 24.1 Å². The lowest BCUT2D eigenvalue weighted by Gasteiger charge is -2.14. The molecule has 2 aromatic rings. The second-order valence-corrected chi connectivity index (χ2v) is 6.19. The predicted octanol–water partition coefficient (Wildman–Crippen LogP) is 1.39. The number of H-pyrrole nitrogens is 1. The summed E-state index contributed by atoms with van der Waals surface area (Å²) in [6.07, 6.45) is 1.76. The number of nitrogens with zero attached hydrogens (tertiary/aromatic N) is 4. The lowest BCUT2D eigenvalue weighted by Crippen LogP contribution is -2.27. The van der Waals surface area contributed by atoms with Gasteiger partial charge < -0.3 is 4.98 Å². The van der Waals surface area contributed by atoms with Crippen LogP contribution in [0.15, 0.2) is 6.33 Å². The van der Waals surface area contributed by atoms with E-state index in [9.17, 15) is 9.59 Å². The molecule has 1 unspecified atom stereocenters. The summed E-state index contributed by atoms with van der Waals surface area (Å²) in [4.78, 5) is 39.7. The summed E-state index contributed by atoms with van der Waals surface area (Å²) < 4.78 is 0. The molecule has 0 aromatic carbocycles. The number of amides is 1.